The molecule has 6 nitrogen and oxygen atoms in total. The lowest BCUT2D eigenvalue weighted by Gasteiger charge is -2.15. The highest BCUT2D eigenvalue weighted by Gasteiger charge is 2.19. The zero-order chi connectivity index (χ0) is 16.5. The summed E-state index contributed by atoms with van der Waals surface area (Å²) in [5, 5.41) is 6.60. The third kappa shape index (κ3) is 5.39. The van der Waals surface area contributed by atoms with E-state index >= 15 is 0 Å². The van der Waals surface area contributed by atoms with Crippen molar-refractivity contribution in [1.29, 1.82) is 0 Å². The molecule has 23 heavy (non-hydrogen) atoms. The van der Waals surface area contributed by atoms with Gasteiger partial charge in [0.05, 0.1) is 13.3 Å². The fourth-order valence-corrected chi connectivity index (χ4v) is 2.66. The second-order valence-electron chi connectivity index (χ2n) is 5.60. The highest BCUT2D eigenvalue weighted by atomic mass is 16.5. The number of rotatable bonds is 4. The van der Waals surface area contributed by atoms with E-state index in [0.29, 0.717) is 5.75 Å². The van der Waals surface area contributed by atoms with Crippen LogP contribution in [-0.4, -0.2) is 31.2 Å². The molecule has 6 heteroatoms. The molecule has 0 unspecified atom stereocenters. The van der Waals surface area contributed by atoms with E-state index in [9.17, 15) is 9.59 Å². The maximum Gasteiger partial charge on any atom is 0.329 e. The number of hydrazone groups is 1. The number of carbonyl (C=O) groups is 2. The van der Waals surface area contributed by atoms with Crippen molar-refractivity contribution in [2.45, 2.75) is 44.6 Å². The summed E-state index contributed by atoms with van der Waals surface area (Å²) in [7, 11) is 1.56. The molecule has 2 amide bonds. The molecule has 1 aromatic rings. The first kappa shape index (κ1) is 17.0. The van der Waals surface area contributed by atoms with Gasteiger partial charge in [0.1, 0.15) is 5.75 Å². The van der Waals surface area contributed by atoms with Gasteiger partial charge in [0.25, 0.3) is 0 Å². The Kier molecular flexibility index (Phi) is 6.59. The van der Waals surface area contributed by atoms with Crippen LogP contribution in [0, 0.1) is 0 Å². The number of ether oxygens (including phenoxy) is 1. The van der Waals surface area contributed by atoms with E-state index in [2.05, 4.69) is 15.8 Å². The fraction of sp³-hybridized carbons (Fsp3) is 0.471. The highest BCUT2D eigenvalue weighted by Crippen LogP contribution is 2.17. The molecule has 1 fully saturated rings. The van der Waals surface area contributed by atoms with Gasteiger partial charge in [-0.15, -0.1) is 0 Å². The van der Waals surface area contributed by atoms with E-state index in [1.807, 2.05) is 12.1 Å². The van der Waals surface area contributed by atoms with Gasteiger partial charge >= 0.3 is 11.8 Å². The standard InChI is InChI=1S/C17H23N3O3/c1-23-15-11-7-6-8-13(15)12-18-20-17(22)16(21)19-14-9-4-2-3-5-10-14/h6-8,11-12,14H,2-5,9-10H2,1H3,(H,19,21)(H,20,22)/b18-12-. The highest BCUT2D eigenvalue weighted by molar-refractivity contribution is 6.35. The molecule has 0 saturated heterocycles. The van der Waals surface area contributed by atoms with E-state index in [0.717, 1.165) is 31.2 Å². The molecular formula is C17H23N3O3. The number of benzene rings is 1. The summed E-state index contributed by atoms with van der Waals surface area (Å²) in [5.74, 6) is -0.733. The molecule has 2 N–H and O–H groups in total. The molecule has 1 aliphatic carbocycles. The molecule has 0 aromatic heterocycles. The molecule has 1 aromatic carbocycles. The molecule has 0 atom stereocenters. The molecule has 2 rings (SSSR count). The summed E-state index contributed by atoms with van der Waals surface area (Å²) in [6.45, 7) is 0. The van der Waals surface area contributed by atoms with Crippen molar-refractivity contribution >= 4 is 18.0 Å². The third-order valence-electron chi connectivity index (χ3n) is 3.91. The van der Waals surface area contributed by atoms with E-state index in [-0.39, 0.29) is 6.04 Å². The molecule has 0 heterocycles. The van der Waals surface area contributed by atoms with Gasteiger partial charge in [-0.1, -0.05) is 37.8 Å². The molecule has 0 bridgehead atoms. The van der Waals surface area contributed by atoms with E-state index < -0.39 is 11.8 Å². The first-order valence-corrected chi connectivity index (χ1v) is 7.97. The van der Waals surface area contributed by atoms with Gasteiger partial charge in [-0.05, 0) is 25.0 Å². The van der Waals surface area contributed by atoms with Gasteiger partial charge in [0.15, 0.2) is 0 Å². The van der Waals surface area contributed by atoms with Crippen molar-refractivity contribution in [2.24, 2.45) is 5.10 Å². The van der Waals surface area contributed by atoms with Crippen molar-refractivity contribution in [1.82, 2.24) is 10.7 Å². The quantitative estimate of drug-likeness (QED) is 0.386. The lowest BCUT2D eigenvalue weighted by Crippen LogP contribution is -2.43. The van der Waals surface area contributed by atoms with Gasteiger partial charge in [-0.3, -0.25) is 9.59 Å². The predicted molar refractivity (Wildman–Crippen MR) is 88.4 cm³/mol. The number of hydrogen-bond acceptors (Lipinski definition) is 4. The Morgan fingerprint density at radius 1 is 1.13 bits per heavy atom. The minimum atomic E-state index is -0.750. The van der Waals surface area contributed by atoms with Crippen molar-refractivity contribution in [3.63, 3.8) is 0 Å². The Bertz CT molecular complexity index is 564. The van der Waals surface area contributed by atoms with E-state index in [4.69, 9.17) is 4.74 Å². The number of nitrogens with one attached hydrogen (secondary N) is 2. The SMILES string of the molecule is COc1ccccc1/C=N\NC(=O)C(=O)NC1CCCCCC1. The van der Waals surface area contributed by atoms with Crippen molar-refractivity contribution in [2.75, 3.05) is 7.11 Å². The Hall–Kier alpha value is -2.37. The minimum Gasteiger partial charge on any atom is -0.496 e. The maximum absolute atomic E-state index is 11.9. The third-order valence-corrected chi connectivity index (χ3v) is 3.91. The summed E-state index contributed by atoms with van der Waals surface area (Å²) >= 11 is 0. The maximum atomic E-state index is 11.9. The first-order valence-electron chi connectivity index (χ1n) is 7.97. The predicted octanol–water partition coefficient (Wildman–Crippen LogP) is 1.98. The monoisotopic (exact) mass is 317 g/mol. The lowest BCUT2D eigenvalue weighted by atomic mass is 10.1. The van der Waals surface area contributed by atoms with Crippen LogP contribution in [0.4, 0.5) is 0 Å². The topological polar surface area (TPSA) is 79.8 Å². The largest absolute Gasteiger partial charge is 0.496 e. The smallest absolute Gasteiger partial charge is 0.329 e. The molecule has 0 radical (unpaired) electrons. The van der Waals surface area contributed by atoms with E-state index in [1.54, 1.807) is 19.2 Å². The number of methoxy groups -OCH3 is 1. The van der Waals surface area contributed by atoms with Gasteiger partial charge in [-0.2, -0.15) is 5.10 Å². The zero-order valence-electron chi connectivity index (χ0n) is 13.4. The number of amides is 2. The van der Waals surface area contributed by atoms with Crippen LogP contribution in [0.25, 0.3) is 0 Å². The van der Waals surface area contributed by atoms with Crippen LogP contribution in [0.2, 0.25) is 0 Å². The van der Waals surface area contributed by atoms with Gasteiger partial charge < -0.3 is 10.1 Å². The van der Waals surface area contributed by atoms with Crippen LogP contribution in [0.1, 0.15) is 44.1 Å². The zero-order valence-corrected chi connectivity index (χ0v) is 13.4. The van der Waals surface area contributed by atoms with Gasteiger partial charge in [-0.25, -0.2) is 5.43 Å². The van der Waals surface area contributed by atoms with Crippen LogP contribution in [-0.2, 0) is 9.59 Å². The Balaban J connectivity index is 1.83. The summed E-state index contributed by atoms with van der Waals surface area (Å²) in [6, 6.07) is 7.37. The lowest BCUT2D eigenvalue weighted by molar-refractivity contribution is -0.139. The first-order chi connectivity index (χ1) is 11.2. The average Bonchev–Trinajstić information content (AvgIpc) is 2.83. The Morgan fingerprint density at radius 2 is 1.83 bits per heavy atom. The molecular weight excluding hydrogens is 294 g/mol. The molecule has 1 aliphatic rings. The van der Waals surface area contributed by atoms with Crippen molar-refractivity contribution in [3.05, 3.63) is 29.8 Å². The van der Waals surface area contributed by atoms with Crippen LogP contribution in [0.15, 0.2) is 29.4 Å². The molecule has 1 saturated carbocycles. The summed E-state index contributed by atoms with van der Waals surface area (Å²) < 4.78 is 5.18. The van der Waals surface area contributed by atoms with E-state index in [1.165, 1.54) is 19.1 Å². The molecule has 0 spiro atoms. The Labute approximate surface area is 136 Å². The number of para-hydroxylation sites is 1. The van der Waals surface area contributed by atoms with Gasteiger partial charge in [0.2, 0.25) is 0 Å². The fourth-order valence-electron chi connectivity index (χ4n) is 2.66. The number of nitrogens with zero attached hydrogens (tertiary/aromatic N) is 1. The van der Waals surface area contributed by atoms with Crippen LogP contribution < -0.4 is 15.5 Å². The second kappa shape index (κ2) is 8.92. The number of carbonyl (C=O) groups excluding carboxylic acids is 2. The number of hydrogen-bond donors (Lipinski definition) is 2. The summed E-state index contributed by atoms with van der Waals surface area (Å²) in [6.07, 6.45) is 7.91. The van der Waals surface area contributed by atoms with Crippen LogP contribution in [0.5, 0.6) is 5.75 Å². The normalized spacial score (nSPS) is 15.9. The summed E-state index contributed by atoms with van der Waals surface area (Å²) in [4.78, 5) is 23.6. The molecule has 124 valence electrons. The minimum absolute atomic E-state index is 0.0916. The van der Waals surface area contributed by atoms with Crippen molar-refractivity contribution in [3.8, 4) is 5.75 Å². The molecule has 0 aliphatic heterocycles. The second-order valence-corrected chi connectivity index (χ2v) is 5.60. The van der Waals surface area contributed by atoms with Crippen molar-refractivity contribution < 1.29 is 14.3 Å². The van der Waals surface area contributed by atoms with Gasteiger partial charge in [0, 0.05) is 11.6 Å². The average molecular weight is 317 g/mol. The summed E-state index contributed by atoms with van der Waals surface area (Å²) in [5.41, 5.74) is 2.97. The van der Waals surface area contributed by atoms with Crippen LogP contribution in [0.3, 0.4) is 0 Å². The van der Waals surface area contributed by atoms with Crippen LogP contribution >= 0.6 is 0 Å². The Morgan fingerprint density at radius 3 is 2.52 bits per heavy atom.